The molecule has 1 aromatic carbocycles. The van der Waals surface area contributed by atoms with E-state index in [0.29, 0.717) is 24.5 Å². The van der Waals surface area contributed by atoms with Gasteiger partial charge in [-0.25, -0.2) is 0 Å². The van der Waals surface area contributed by atoms with Crippen LogP contribution in [0.3, 0.4) is 0 Å². The molecule has 18 heavy (non-hydrogen) atoms. The van der Waals surface area contributed by atoms with Crippen molar-refractivity contribution in [3.05, 3.63) is 28.2 Å². The average molecular weight is 252 g/mol. The smallest absolute Gasteiger partial charge is 0.161 e. The Morgan fingerprint density at radius 1 is 1.39 bits per heavy atom. The molecule has 0 saturated carbocycles. The molecule has 2 rings (SSSR count). The molecule has 0 aliphatic carbocycles. The zero-order valence-electron chi connectivity index (χ0n) is 10.4. The van der Waals surface area contributed by atoms with Gasteiger partial charge in [0.1, 0.15) is 0 Å². The van der Waals surface area contributed by atoms with Crippen molar-refractivity contribution in [1.29, 1.82) is 0 Å². The van der Waals surface area contributed by atoms with E-state index in [1.807, 2.05) is 6.07 Å². The molecule has 1 aliphatic heterocycles. The first-order valence-corrected chi connectivity index (χ1v) is 5.70. The zero-order chi connectivity index (χ0) is 13.1. The molecule has 0 saturated heterocycles. The van der Waals surface area contributed by atoms with Gasteiger partial charge in [0.05, 0.1) is 32.2 Å². The van der Waals surface area contributed by atoms with Crippen LogP contribution < -0.4 is 9.47 Å². The lowest BCUT2D eigenvalue weighted by atomic mass is 9.93. The molecule has 1 aromatic rings. The SMILES string of the molecule is COc1cc2c(cc1OC)C(CO)N(N=O)CC2. The number of methoxy groups -OCH3 is 2. The summed E-state index contributed by atoms with van der Waals surface area (Å²) in [4.78, 5) is 10.7. The van der Waals surface area contributed by atoms with Gasteiger partial charge in [0.15, 0.2) is 11.5 Å². The van der Waals surface area contributed by atoms with Gasteiger partial charge in [-0.15, -0.1) is 4.91 Å². The fourth-order valence-electron chi connectivity index (χ4n) is 2.31. The number of benzene rings is 1. The number of fused-ring (bicyclic) bond motifs is 1. The van der Waals surface area contributed by atoms with E-state index in [1.54, 1.807) is 20.3 Å². The first kappa shape index (κ1) is 12.6. The molecule has 1 heterocycles. The molecular formula is C12H16N2O4. The fourth-order valence-corrected chi connectivity index (χ4v) is 2.31. The number of aliphatic hydroxyl groups is 1. The summed E-state index contributed by atoms with van der Waals surface area (Å²) in [5.41, 5.74) is 1.91. The fraction of sp³-hybridized carbons (Fsp3) is 0.500. The molecule has 0 radical (unpaired) electrons. The highest BCUT2D eigenvalue weighted by Crippen LogP contribution is 2.37. The van der Waals surface area contributed by atoms with Crippen LogP contribution in [0.25, 0.3) is 0 Å². The summed E-state index contributed by atoms with van der Waals surface area (Å²) >= 11 is 0. The van der Waals surface area contributed by atoms with Crippen molar-refractivity contribution in [2.45, 2.75) is 12.5 Å². The number of ether oxygens (including phenoxy) is 2. The van der Waals surface area contributed by atoms with Crippen molar-refractivity contribution in [2.75, 3.05) is 27.4 Å². The molecule has 6 nitrogen and oxygen atoms in total. The van der Waals surface area contributed by atoms with E-state index in [-0.39, 0.29) is 6.61 Å². The minimum atomic E-state index is -0.411. The summed E-state index contributed by atoms with van der Waals surface area (Å²) in [7, 11) is 3.13. The monoisotopic (exact) mass is 252 g/mol. The minimum Gasteiger partial charge on any atom is -0.493 e. The minimum absolute atomic E-state index is 0.159. The second-order valence-electron chi connectivity index (χ2n) is 4.10. The van der Waals surface area contributed by atoms with Crippen molar-refractivity contribution < 1.29 is 14.6 Å². The van der Waals surface area contributed by atoms with Crippen LogP contribution in [0.15, 0.2) is 17.4 Å². The average Bonchev–Trinajstić information content (AvgIpc) is 2.44. The Kier molecular flexibility index (Phi) is 3.66. The number of hydrogen-bond acceptors (Lipinski definition) is 5. The van der Waals surface area contributed by atoms with E-state index in [2.05, 4.69) is 5.29 Å². The van der Waals surface area contributed by atoms with Gasteiger partial charge >= 0.3 is 0 Å². The summed E-state index contributed by atoms with van der Waals surface area (Å²) < 4.78 is 10.5. The summed E-state index contributed by atoms with van der Waals surface area (Å²) in [5.74, 6) is 1.24. The van der Waals surface area contributed by atoms with Crippen molar-refractivity contribution in [1.82, 2.24) is 5.01 Å². The van der Waals surface area contributed by atoms with E-state index < -0.39 is 6.04 Å². The summed E-state index contributed by atoms with van der Waals surface area (Å²) in [6, 6.07) is 3.27. The Morgan fingerprint density at radius 3 is 2.61 bits per heavy atom. The molecule has 6 heteroatoms. The van der Waals surface area contributed by atoms with E-state index >= 15 is 0 Å². The molecule has 0 aromatic heterocycles. The highest BCUT2D eigenvalue weighted by Gasteiger charge is 2.28. The van der Waals surface area contributed by atoms with Gasteiger partial charge in [-0.3, -0.25) is 5.01 Å². The third-order valence-corrected chi connectivity index (χ3v) is 3.25. The van der Waals surface area contributed by atoms with Crippen LogP contribution in [-0.4, -0.2) is 37.5 Å². The van der Waals surface area contributed by atoms with Crippen molar-refractivity contribution in [3.8, 4) is 11.5 Å². The van der Waals surface area contributed by atoms with Crippen LogP contribution in [0.1, 0.15) is 17.2 Å². The second kappa shape index (κ2) is 5.22. The van der Waals surface area contributed by atoms with Crippen LogP contribution in [0.2, 0.25) is 0 Å². The number of nitroso groups, excluding NO2 is 1. The second-order valence-corrected chi connectivity index (χ2v) is 4.10. The molecular weight excluding hydrogens is 236 g/mol. The van der Waals surface area contributed by atoms with Crippen molar-refractivity contribution in [2.24, 2.45) is 5.29 Å². The maximum absolute atomic E-state index is 10.7. The maximum atomic E-state index is 10.7. The van der Waals surface area contributed by atoms with Crippen LogP contribution in [-0.2, 0) is 6.42 Å². The van der Waals surface area contributed by atoms with Gasteiger partial charge in [0.25, 0.3) is 0 Å². The van der Waals surface area contributed by atoms with E-state index in [0.717, 1.165) is 11.1 Å². The predicted octanol–water partition coefficient (Wildman–Crippen LogP) is 1.28. The third kappa shape index (κ3) is 1.99. The predicted molar refractivity (Wildman–Crippen MR) is 65.6 cm³/mol. The molecule has 1 aliphatic rings. The normalized spacial score (nSPS) is 18.2. The Balaban J connectivity index is 2.48. The van der Waals surface area contributed by atoms with E-state index in [4.69, 9.17) is 9.47 Å². The van der Waals surface area contributed by atoms with Crippen LogP contribution in [0.4, 0.5) is 0 Å². The van der Waals surface area contributed by atoms with Crippen LogP contribution in [0.5, 0.6) is 11.5 Å². The Morgan fingerprint density at radius 2 is 2.06 bits per heavy atom. The lowest BCUT2D eigenvalue weighted by Gasteiger charge is -2.32. The first-order valence-electron chi connectivity index (χ1n) is 5.70. The van der Waals surface area contributed by atoms with Crippen molar-refractivity contribution in [3.63, 3.8) is 0 Å². The summed E-state index contributed by atoms with van der Waals surface area (Å²) in [5, 5.41) is 13.7. The highest BCUT2D eigenvalue weighted by molar-refractivity contribution is 5.49. The van der Waals surface area contributed by atoms with E-state index in [1.165, 1.54) is 5.01 Å². The molecule has 1 N–H and O–H groups in total. The number of hydrogen-bond donors (Lipinski definition) is 1. The van der Waals surface area contributed by atoms with Crippen molar-refractivity contribution >= 4 is 0 Å². The quantitative estimate of drug-likeness (QED) is 0.817. The lowest BCUT2D eigenvalue weighted by Crippen LogP contribution is -2.33. The van der Waals surface area contributed by atoms with Gasteiger partial charge in [0, 0.05) is 6.54 Å². The number of nitrogens with zero attached hydrogens (tertiary/aromatic N) is 2. The molecule has 1 unspecified atom stereocenters. The van der Waals surface area contributed by atoms with E-state index in [9.17, 15) is 10.0 Å². The Bertz CT molecular complexity index is 450. The van der Waals surface area contributed by atoms with Crippen LogP contribution >= 0.6 is 0 Å². The summed E-state index contributed by atoms with van der Waals surface area (Å²) in [6.45, 7) is 0.339. The largest absolute Gasteiger partial charge is 0.493 e. The van der Waals surface area contributed by atoms with Gasteiger partial charge in [-0.2, -0.15) is 0 Å². The standard InChI is InChI=1S/C12H16N2O4/c1-17-11-5-8-3-4-14(13-16)10(7-15)9(8)6-12(11)18-2/h5-6,10,15H,3-4,7H2,1-2H3. The molecule has 0 bridgehead atoms. The Labute approximate surface area is 105 Å². The van der Waals surface area contributed by atoms with Gasteiger partial charge in [0.2, 0.25) is 0 Å². The van der Waals surface area contributed by atoms with Crippen LogP contribution in [0, 0.1) is 4.91 Å². The maximum Gasteiger partial charge on any atom is 0.161 e. The lowest BCUT2D eigenvalue weighted by molar-refractivity contribution is 0.116. The van der Waals surface area contributed by atoms with Gasteiger partial charge < -0.3 is 14.6 Å². The zero-order valence-corrected chi connectivity index (χ0v) is 10.4. The third-order valence-electron chi connectivity index (χ3n) is 3.25. The summed E-state index contributed by atoms with van der Waals surface area (Å²) in [6.07, 6.45) is 0.692. The Hall–Kier alpha value is -1.82. The molecule has 0 amide bonds. The van der Waals surface area contributed by atoms with Gasteiger partial charge in [-0.05, 0) is 29.7 Å². The molecule has 0 spiro atoms. The molecule has 1 atom stereocenters. The van der Waals surface area contributed by atoms with Gasteiger partial charge in [-0.1, -0.05) is 0 Å². The molecule has 0 fully saturated rings. The topological polar surface area (TPSA) is 71.4 Å². The first-order chi connectivity index (χ1) is 8.74. The number of rotatable bonds is 4. The highest BCUT2D eigenvalue weighted by atomic mass is 16.5. The molecule has 98 valence electrons. The number of aliphatic hydroxyl groups excluding tert-OH is 1.